The van der Waals surface area contributed by atoms with Gasteiger partial charge < -0.3 is 15.2 Å². The summed E-state index contributed by atoms with van der Waals surface area (Å²) in [6.45, 7) is 7.54. The molecule has 6 aromatic carbocycles. The molecule has 0 bridgehead atoms. The van der Waals surface area contributed by atoms with E-state index in [9.17, 15) is 0 Å². The minimum Gasteiger partial charge on any atom is -0.362 e. The molecule has 0 unspecified atom stereocenters. The van der Waals surface area contributed by atoms with E-state index in [2.05, 4.69) is 175 Å². The van der Waals surface area contributed by atoms with E-state index >= 15 is 0 Å². The number of benzene rings is 6. The van der Waals surface area contributed by atoms with Gasteiger partial charge in [-0.3, -0.25) is 0 Å². The van der Waals surface area contributed by atoms with Gasteiger partial charge >= 0.3 is 0 Å². The molecule has 1 aromatic heterocycles. The number of fused-ring (bicyclic) bond motifs is 3. The minimum absolute atomic E-state index is 0.141. The lowest BCUT2D eigenvalue weighted by Crippen LogP contribution is -2.20. The third kappa shape index (κ3) is 6.14. The Bertz CT molecular complexity index is 1980. The van der Waals surface area contributed by atoms with Crippen molar-refractivity contribution in [3.05, 3.63) is 156 Å². The number of rotatable bonds is 10. The lowest BCUT2D eigenvalue weighted by Gasteiger charge is -2.24. The summed E-state index contributed by atoms with van der Waals surface area (Å²) >= 11 is 0. The van der Waals surface area contributed by atoms with Crippen molar-refractivity contribution in [2.24, 2.45) is 0 Å². The molecule has 0 radical (unpaired) electrons. The third-order valence-electron chi connectivity index (χ3n) is 9.03. The van der Waals surface area contributed by atoms with Crippen LogP contribution in [0.1, 0.15) is 42.6 Å². The summed E-state index contributed by atoms with van der Waals surface area (Å²) in [6, 6.07) is 50.7. The number of hydrogen-bond acceptors (Lipinski definition) is 2. The van der Waals surface area contributed by atoms with E-state index in [0.717, 1.165) is 17.9 Å². The zero-order valence-electron chi connectivity index (χ0n) is 26.9. The smallest absolute Gasteiger partial charge is 0.123 e. The second-order valence-electron chi connectivity index (χ2n) is 12.4. The first-order chi connectivity index (χ1) is 22.6. The zero-order chi connectivity index (χ0) is 31.5. The van der Waals surface area contributed by atoms with Gasteiger partial charge in [-0.15, -0.1) is 0 Å². The SMILES string of the molecule is CCCCn1c2ccccc2c2cc(C(Nc3ccc(-c4ccc(C)cc4)cc3)Nc3ccc(-c4ccc(C)cc4)cc3)ccc21. The van der Waals surface area contributed by atoms with E-state index in [1.807, 2.05) is 0 Å². The maximum Gasteiger partial charge on any atom is 0.123 e. The number of unbranched alkanes of at least 4 members (excludes halogenated alkanes) is 1. The third-order valence-corrected chi connectivity index (χ3v) is 9.03. The average molecular weight is 600 g/mol. The Hall–Kier alpha value is -5.28. The molecule has 0 aliphatic rings. The quantitative estimate of drug-likeness (QED) is 0.153. The maximum absolute atomic E-state index is 3.82. The van der Waals surface area contributed by atoms with Crippen LogP contribution in [0.4, 0.5) is 11.4 Å². The summed E-state index contributed by atoms with van der Waals surface area (Å²) in [7, 11) is 0. The van der Waals surface area contributed by atoms with Gasteiger partial charge in [0.15, 0.2) is 0 Å². The first-order valence-corrected chi connectivity index (χ1v) is 16.4. The van der Waals surface area contributed by atoms with Gasteiger partial charge in [0.1, 0.15) is 6.17 Å². The zero-order valence-corrected chi connectivity index (χ0v) is 26.9. The van der Waals surface area contributed by atoms with Gasteiger partial charge in [0.2, 0.25) is 0 Å². The number of nitrogens with zero attached hydrogens (tertiary/aromatic N) is 1. The van der Waals surface area contributed by atoms with Crippen molar-refractivity contribution in [2.75, 3.05) is 10.6 Å². The summed E-state index contributed by atoms with van der Waals surface area (Å²) in [5.74, 6) is 0. The Kier molecular flexibility index (Phi) is 8.31. The van der Waals surface area contributed by atoms with Crippen molar-refractivity contribution < 1.29 is 0 Å². The molecule has 3 nitrogen and oxygen atoms in total. The van der Waals surface area contributed by atoms with Crippen LogP contribution in [0.2, 0.25) is 0 Å². The number of aryl methyl sites for hydroxylation is 3. The molecule has 0 saturated carbocycles. The molecule has 0 aliphatic heterocycles. The van der Waals surface area contributed by atoms with E-state index in [0.29, 0.717) is 0 Å². The van der Waals surface area contributed by atoms with E-state index in [1.165, 1.54) is 73.6 Å². The highest BCUT2D eigenvalue weighted by Crippen LogP contribution is 2.34. The summed E-state index contributed by atoms with van der Waals surface area (Å²) in [6.07, 6.45) is 2.20. The highest BCUT2D eigenvalue weighted by atomic mass is 15.1. The molecule has 0 amide bonds. The van der Waals surface area contributed by atoms with Crippen LogP contribution in [0.15, 0.2) is 140 Å². The Balaban J connectivity index is 1.24. The van der Waals surface area contributed by atoms with Gasteiger partial charge in [-0.1, -0.05) is 122 Å². The molecule has 228 valence electrons. The van der Waals surface area contributed by atoms with Crippen LogP contribution >= 0.6 is 0 Å². The highest BCUT2D eigenvalue weighted by Gasteiger charge is 2.16. The van der Waals surface area contributed by atoms with Crippen molar-refractivity contribution in [3.8, 4) is 22.3 Å². The van der Waals surface area contributed by atoms with Crippen molar-refractivity contribution in [2.45, 2.75) is 46.3 Å². The molecule has 7 aromatic rings. The van der Waals surface area contributed by atoms with Crippen LogP contribution in [0, 0.1) is 13.8 Å². The summed E-state index contributed by atoms with van der Waals surface area (Å²) < 4.78 is 2.49. The summed E-state index contributed by atoms with van der Waals surface area (Å²) in [5, 5.41) is 10.2. The van der Waals surface area contributed by atoms with Gasteiger partial charge in [0.05, 0.1) is 0 Å². The molecule has 46 heavy (non-hydrogen) atoms. The molecule has 3 heteroatoms. The second-order valence-corrected chi connectivity index (χ2v) is 12.4. The van der Waals surface area contributed by atoms with Gasteiger partial charge in [0.25, 0.3) is 0 Å². The van der Waals surface area contributed by atoms with Crippen molar-refractivity contribution >= 4 is 33.2 Å². The lowest BCUT2D eigenvalue weighted by molar-refractivity contribution is 0.665. The molecule has 0 atom stereocenters. The van der Waals surface area contributed by atoms with Crippen LogP contribution in [-0.2, 0) is 6.54 Å². The topological polar surface area (TPSA) is 29.0 Å². The van der Waals surface area contributed by atoms with E-state index < -0.39 is 0 Å². The first kappa shape index (κ1) is 29.4. The van der Waals surface area contributed by atoms with E-state index in [-0.39, 0.29) is 6.17 Å². The molecule has 0 saturated heterocycles. The van der Waals surface area contributed by atoms with Gasteiger partial charge in [0, 0.05) is 39.7 Å². The van der Waals surface area contributed by atoms with Crippen molar-refractivity contribution in [1.82, 2.24) is 4.57 Å². The van der Waals surface area contributed by atoms with Gasteiger partial charge in [-0.05, 0) is 90.6 Å². The fourth-order valence-electron chi connectivity index (χ4n) is 6.35. The van der Waals surface area contributed by atoms with Crippen LogP contribution in [-0.4, -0.2) is 4.57 Å². The molecular weight excluding hydrogens is 558 g/mol. The monoisotopic (exact) mass is 599 g/mol. The Labute approximate surface area is 272 Å². The number of para-hydroxylation sites is 1. The molecule has 1 heterocycles. The highest BCUT2D eigenvalue weighted by molar-refractivity contribution is 6.08. The Morgan fingerprint density at radius 3 is 1.52 bits per heavy atom. The van der Waals surface area contributed by atoms with Crippen molar-refractivity contribution in [1.29, 1.82) is 0 Å². The number of hydrogen-bond donors (Lipinski definition) is 2. The van der Waals surface area contributed by atoms with Crippen LogP contribution in [0.3, 0.4) is 0 Å². The Morgan fingerprint density at radius 2 is 1.00 bits per heavy atom. The first-order valence-electron chi connectivity index (χ1n) is 16.4. The maximum atomic E-state index is 3.82. The number of anilines is 2. The van der Waals surface area contributed by atoms with Crippen molar-refractivity contribution in [3.63, 3.8) is 0 Å². The van der Waals surface area contributed by atoms with Crippen LogP contribution in [0.25, 0.3) is 44.1 Å². The normalized spacial score (nSPS) is 11.4. The second kappa shape index (κ2) is 13.0. The van der Waals surface area contributed by atoms with Crippen LogP contribution in [0.5, 0.6) is 0 Å². The predicted octanol–water partition coefficient (Wildman–Crippen LogP) is 11.8. The molecule has 7 rings (SSSR count). The minimum atomic E-state index is -0.141. The summed E-state index contributed by atoms with van der Waals surface area (Å²) in [4.78, 5) is 0. The van der Waals surface area contributed by atoms with Gasteiger partial charge in [-0.2, -0.15) is 0 Å². The molecule has 2 N–H and O–H groups in total. The predicted molar refractivity (Wildman–Crippen MR) is 198 cm³/mol. The fourth-order valence-corrected chi connectivity index (χ4v) is 6.35. The molecular formula is C43H41N3. The average Bonchev–Trinajstić information content (AvgIpc) is 3.41. The largest absolute Gasteiger partial charge is 0.362 e. The molecule has 0 fully saturated rings. The van der Waals surface area contributed by atoms with Gasteiger partial charge in [-0.25, -0.2) is 0 Å². The molecule has 0 aliphatic carbocycles. The lowest BCUT2D eigenvalue weighted by atomic mass is 10.0. The Morgan fingerprint density at radius 1 is 0.522 bits per heavy atom. The fraction of sp³-hybridized carbons (Fsp3) is 0.163. The number of aromatic nitrogens is 1. The molecule has 0 spiro atoms. The number of nitrogens with one attached hydrogen (secondary N) is 2. The van der Waals surface area contributed by atoms with E-state index in [1.54, 1.807) is 0 Å². The standard InChI is InChI=1S/C43H41N3/c1-4-5-28-46-41-9-7-6-8-39(41)40-29-36(22-27-42(40)46)43(44-37-23-18-34(19-24-37)32-14-10-30(2)11-15-32)45-38-25-20-35(21-26-38)33-16-12-31(3)13-17-33/h6-27,29,43-45H,4-5,28H2,1-3H3. The van der Waals surface area contributed by atoms with E-state index in [4.69, 9.17) is 0 Å². The van der Waals surface area contributed by atoms with Crippen LogP contribution < -0.4 is 10.6 Å². The summed E-state index contributed by atoms with van der Waals surface area (Å²) in [5.41, 5.74) is 13.3.